The molecule has 3 nitrogen and oxygen atoms in total. The molecule has 0 unspecified atom stereocenters. The molecule has 1 aromatic heterocycles. The lowest BCUT2D eigenvalue weighted by molar-refractivity contribution is 0.0946. The zero-order valence-electron chi connectivity index (χ0n) is 7.79. The van der Waals surface area contributed by atoms with Crippen LogP contribution in [0.15, 0.2) is 18.3 Å². The minimum absolute atomic E-state index is 0.0411. The fourth-order valence-corrected chi connectivity index (χ4v) is 1.51. The quantitative estimate of drug-likeness (QED) is 0.749. The highest BCUT2D eigenvalue weighted by molar-refractivity contribution is 5.92. The predicted molar refractivity (Wildman–Crippen MR) is 50.7 cm³/mol. The zero-order chi connectivity index (χ0) is 9.26. The van der Waals surface area contributed by atoms with Gasteiger partial charge in [-0.05, 0) is 31.9 Å². The number of hydrogen-bond donors (Lipinski definition) is 1. The second-order valence-electron chi connectivity index (χ2n) is 3.39. The first-order chi connectivity index (χ1) is 6.33. The first-order valence-electron chi connectivity index (χ1n) is 4.78. The SMILES string of the molecule is CCNC(=O)c1cccn1C1CC1. The molecule has 1 aromatic rings. The van der Waals surface area contributed by atoms with E-state index >= 15 is 0 Å². The van der Waals surface area contributed by atoms with E-state index in [0.29, 0.717) is 12.6 Å². The van der Waals surface area contributed by atoms with Gasteiger partial charge in [-0.25, -0.2) is 0 Å². The Kier molecular flexibility index (Phi) is 2.08. The maximum Gasteiger partial charge on any atom is 0.267 e. The van der Waals surface area contributed by atoms with Crippen molar-refractivity contribution < 1.29 is 4.79 Å². The smallest absolute Gasteiger partial charge is 0.267 e. The van der Waals surface area contributed by atoms with Crippen molar-refractivity contribution in [1.82, 2.24) is 9.88 Å². The van der Waals surface area contributed by atoms with Crippen LogP contribution >= 0.6 is 0 Å². The summed E-state index contributed by atoms with van der Waals surface area (Å²) >= 11 is 0. The van der Waals surface area contributed by atoms with E-state index in [0.717, 1.165) is 5.69 Å². The van der Waals surface area contributed by atoms with Gasteiger partial charge < -0.3 is 9.88 Å². The van der Waals surface area contributed by atoms with Gasteiger partial charge in [0, 0.05) is 18.8 Å². The highest BCUT2D eigenvalue weighted by Crippen LogP contribution is 2.35. The normalized spacial score (nSPS) is 15.8. The fraction of sp³-hybridized carbons (Fsp3) is 0.500. The number of nitrogens with one attached hydrogen (secondary N) is 1. The van der Waals surface area contributed by atoms with Crippen molar-refractivity contribution >= 4 is 5.91 Å². The molecule has 0 spiro atoms. The third-order valence-corrected chi connectivity index (χ3v) is 2.29. The molecule has 70 valence electrons. The summed E-state index contributed by atoms with van der Waals surface area (Å²) in [7, 11) is 0. The third kappa shape index (κ3) is 1.59. The molecular weight excluding hydrogens is 164 g/mol. The van der Waals surface area contributed by atoms with Gasteiger partial charge in [-0.3, -0.25) is 4.79 Å². The summed E-state index contributed by atoms with van der Waals surface area (Å²) < 4.78 is 2.07. The van der Waals surface area contributed by atoms with Gasteiger partial charge in [0.1, 0.15) is 5.69 Å². The summed E-state index contributed by atoms with van der Waals surface area (Å²) in [5.74, 6) is 0.0411. The summed E-state index contributed by atoms with van der Waals surface area (Å²) in [4.78, 5) is 11.5. The van der Waals surface area contributed by atoms with Crippen molar-refractivity contribution in [2.24, 2.45) is 0 Å². The van der Waals surface area contributed by atoms with Crippen molar-refractivity contribution in [3.63, 3.8) is 0 Å². The van der Waals surface area contributed by atoms with Gasteiger partial charge in [0.2, 0.25) is 0 Å². The minimum atomic E-state index is 0.0411. The Hall–Kier alpha value is -1.25. The summed E-state index contributed by atoms with van der Waals surface area (Å²) in [5.41, 5.74) is 0.796. The van der Waals surface area contributed by atoms with Crippen molar-refractivity contribution in [3.8, 4) is 0 Å². The van der Waals surface area contributed by atoms with Gasteiger partial charge >= 0.3 is 0 Å². The number of carbonyl (C=O) groups is 1. The Labute approximate surface area is 77.7 Å². The van der Waals surface area contributed by atoms with Crippen LogP contribution in [-0.4, -0.2) is 17.0 Å². The molecule has 0 aliphatic heterocycles. The molecule has 3 heteroatoms. The van der Waals surface area contributed by atoms with Gasteiger partial charge in [0.25, 0.3) is 5.91 Å². The van der Waals surface area contributed by atoms with Crippen LogP contribution in [0.25, 0.3) is 0 Å². The third-order valence-electron chi connectivity index (χ3n) is 2.29. The summed E-state index contributed by atoms with van der Waals surface area (Å²) in [6, 6.07) is 4.39. The van der Waals surface area contributed by atoms with Gasteiger partial charge in [-0.2, -0.15) is 0 Å². The van der Waals surface area contributed by atoms with Crippen LogP contribution in [0.1, 0.15) is 36.3 Å². The Bertz CT molecular complexity index is 312. The molecule has 1 N–H and O–H groups in total. The van der Waals surface area contributed by atoms with Crippen LogP contribution in [0.5, 0.6) is 0 Å². The van der Waals surface area contributed by atoms with Crippen molar-refractivity contribution in [2.45, 2.75) is 25.8 Å². The van der Waals surface area contributed by atoms with E-state index in [-0.39, 0.29) is 5.91 Å². The molecule has 1 aliphatic carbocycles. The van der Waals surface area contributed by atoms with E-state index in [4.69, 9.17) is 0 Å². The Balaban J connectivity index is 2.18. The lowest BCUT2D eigenvalue weighted by Crippen LogP contribution is -2.25. The lowest BCUT2D eigenvalue weighted by atomic mass is 10.4. The molecule has 0 radical (unpaired) electrons. The van der Waals surface area contributed by atoms with Crippen molar-refractivity contribution in [1.29, 1.82) is 0 Å². The van der Waals surface area contributed by atoms with E-state index in [2.05, 4.69) is 9.88 Å². The molecule has 0 bridgehead atoms. The zero-order valence-corrected chi connectivity index (χ0v) is 7.79. The number of aromatic nitrogens is 1. The first kappa shape index (κ1) is 8.35. The Morgan fingerprint density at radius 2 is 2.46 bits per heavy atom. The number of carbonyl (C=O) groups excluding carboxylic acids is 1. The van der Waals surface area contributed by atoms with Crippen LogP contribution in [0.4, 0.5) is 0 Å². The van der Waals surface area contributed by atoms with Crippen molar-refractivity contribution in [3.05, 3.63) is 24.0 Å². The highest BCUT2D eigenvalue weighted by atomic mass is 16.1. The van der Waals surface area contributed by atoms with Crippen molar-refractivity contribution in [2.75, 3.05) is 6.54 Å². The molecular formula is C10H14N2O. The summed E-state index contributed by atoms with van der Waals surface area (Å²) in [6.45, 7) is 2.62. The standard InChI is InChI=1S/C10H14N2O/c1-2-11-10(13)9-4-3-7-12(9)8-5-6-8/h3-4,7-8H,2,5-6H2,1H3,(H,11,13). The van der Waals surface area contributed by atoms with E-state index in [1.165, 1.54) is 12.8 Å². The molecule has 13 heavy (non-hydrogen) atoms. The van der Waals surface area contributed by atoms with Crippen LogP contribution in [-0.2, 0) is 0 Å². The molecule has 1 fully saturated rings. The minimum Gasteiger partial charge on any atom is -0.351 e. The number of amides is 1. The highest BCUT2D eigenvalue weighted by Gasteiger charge is 2.26. The lowest BCUT2D eigenvalue weighted by Gasteiger charge is -2.06. The molecule has 0 atom stereocenters. The second-order valence-corrected chi connectivity index (χ2v) is 3.39. The molecule has 1 saturated carbocycles. The molecule has 1 aliphatic rings. The Morgan fingerprint density at radius 3 is 3.08 bits per heavy atom. The molecule has 1 amide bonds. The molecule has 0 saturated heterocycles. The number of hydrogen-bond acceptors (Lipinski definition) is 1. The summed E-state index contributed by atoms with van der Waals surface area (Å²) in [6.07, 6.45) is 4.41. The monoisotopic (exact) mass is 178 g/mol. The van der Waals surface area contributed by atoms with Gasteiger partial charge in [0.05, 0.1) is 0 Å². The van der Waals surface area contributed by atoms with E-state index in [1.54, 1.807) is 0 Å². The van der Waals surface area contributed by atoms with Gasteiger partial charge in [-0.15, -0.1) is 0 Å². The van der Waals surface area contributed by atoms with E-state index in [9.17, 15) is 4.79 Å². The van der Waals surface area contributed by atoms with Crippen LogP contribution in [0.3, 0.4) is 0 Å². The maximum atomic E-state index is 11.5. The molecule has 0 aromatic carbocycles. The average Bonchev–Trinajstić information content (AvgIpc) is 2.84. The van der Waals surface area contributed by atoms with Gasteiger partial charge in [0.15, 0.2) is 0 Å². The number of nitrogens with zero attached hydrogens (tertiary/aromatic N) is 1. The fourth-order valence-electron chi connectivity index (χ4n) is 1.51. The first-order valence-corrected chi connectivity index (χ1v) is 4.78. The van der Waals surface area contributed by atoms with Crippen LogP contribution < -0.4 is 5.32 Å². The van der Waals surface area contributed by atoms with E-state index < -0.39 is 0 Å². The maximum absolute atomic E-state index is 11.5. The van der Waals surface area contributed by atoms with Crippen LogP contribution in [0.2, 0.25) is 0 Å². The van der Waals surface area contributed by atoms with Crippen LogP contribution in [0, 0.1) is 0 Å². The largest absolute Gasteiger partial charge is 0.351 e. The number of rotatable bonds is 3. The molecule has 1 heterocycles. The predicted octanol–water partition coefficient (Wildman–Crippen LogP) is 1.57. The second kappa shape index (κ2) is 3.24. The topological polar surface area (TPSA) is 34.0 Å². The summed E-state index contributed by atoms with van der Waals surface area (Å²) in [5, 5.41) is 2.81. The van der Waals surface area contributed by atoms with E-state index in [1.807, 2.05) is 25.3 Å². The average molecular weight is 178 g/mol. The Morgan fingerprint density at radius 1 is 1.69 bits per heavy atom. The van der Waals surface area contributed by atoms with Gasteiger partial charge in [-0.1, -0.05) is 0 Å². The molecule has 2 rings (SSSR count).